The molecule has 1 aliphatic carbocycles. The number of ether oxygens (including phenoxy) is 1. The van der Waals surface area contributed by atoms with E-state index in [1.165, 1.54) is 13.2 Å². The molecule has 0 saturated heterocycles. The fraction of sp³-hybridized carbons (Fsp3) is 0.385. The largest absolute Gasteiger partial charge is 0.496 e. The SMILES string of the molecule is COc1ccc(Cl)cc1C(=O)NC(C#N)C1CC1. The topological polar surface area (TPSA) is 62.1 Å². The molecule has 1 aromatic carbocycles. The standard InChI is InChI=1S/C13H13ClN2O2/c1-18-12-5-4-9(14)6-10(12)13(17)16-11(7-15)8-2-3-8/h4-6,8,11H,2-3H2,1H3,(H,16,17). The first-order valence-corrected chi connectivity index (χ1v) is 6.07. The Balaban J connectivity index is 2.17. The molecule has 0 aromatic heterocycles. The van der Waals surface area contributed by atoms with E-state index in [4.69, 9.17) is 21.6 Å². The van der Waals surface area contributed by atoms with E-state index in [1.807, 2.05) is 0 Å². The highest BCUT2D eigenvalue weighted by Crippen LogP contribution is 2.32. The Kier molecular flexibility index (Phi) is 3.73. The lowest BCUT2D eigenvalue weighted by Crippen LogP contribution is -2.35. The number of carbonyl (C=O) groups is 1. The molecule has 18 heavy (non-hydrogen) atoms. The van der Waals surface area contributed by atoms with E-state index in [0.29, 0.717) is 16.3 Å². The fourth-order valence-corrected chi connectivity index (χ4v) is 1.93. The van der Waals surface area contributed by atoms with Crippen molar-refractivity contribution in [1.29, 1.82) is 5.26 Å². The van der Waals surface area contributed by atoms with Crippen LogP contribution in [0.5, 0.6) is 5.75 Å². The van der Waals surface area contributed by atoms with Gasteiger partial charge < -0.3 is 10.1 Å². The van der Waals surface area contributed by atoms with Crippen molar-refractivity contribution in [3.05, 3.63) is 28.8 Å². The normalized spacial score (nSPS) is 15.6. The molecule has 0 bridgehead atoms. The summed E-state index contributed by atoms with van der Waals surface area (Å²) in [5.41, 5.74) is 0.353. The van der Waals surface area contributed by atoms with Crippen molar-refractivity contribution in [1.82, 2.24) is 5.32 Å². The Labute approximate surface area is 111 Å². The predicted molar refractivity (Wildman–Crippen MR) is 67.6 cm³/mol. The first-order valence-electron chi connectivity index (χ1n) is 5.69. The lowest BCUT2D eigenvalue weighted by Gasteiger charge is -2.12. The van der Waals surface area contributed by atoms with Crippen molar-refractivity contribution in [3.8, 4) is 11.8 Å². The van der Waals surface area contributed by atoms with Crippen LogP contribution < -0.4 is 10.1 Å². The molecule has 1 amide bonds. The number of methoxy groups -OCH3 is 1. The molecule has 1 aromatic rings. The number of nitrogens with one attached hydrogen (secondary N) is 1. The van der Waals surface area contributed by atoms with Gasteiger partial charge in [0.25, 0.3) is 5.91 Å². The molecule has 1 unspecified atom stereocenters. The maximum atomic E-state index is 12.1. The lowest BCUT2D eigenvalue weighted by atomic mass is 10.1. The van der Waals surface area contributed by atoms with E-state index < -0.39 is 6.04 Å². The van der Waals surface area contributed by atoms with Gasteiger partial charge in [-0.2, -0.15) is 5.26 Å². The minimum absolute atomic E-state index is 0.282. The average molecular weight is 265 g/mol. The second-order valence-electron chi connectivity index (χ2n) is 4.26. The molecule has 94 valence electrons. The van der Waals surface area contributed by atoms with Gasteiger partial charge in [-0.1, -0.05) is 11.6 Å². The summed E-state index contributed by atoms with van der Waals surface area (Å²) in [6.07, 6.45) is 1.98. The number of hydrogen-bond acceptors (Lipinski definition) is 3. The molecule has 1 saturated carbocycles. The van der Waals surface area contributed by atoms with Gasteiger partial charge in [-0.25, -0.2) is 0 Å². The smallest absolute Gasteiger partial charge is 0.256 e. The van der Waals surface area contributed by atoms with Crippen LogP contribution in [0.25, 0.3) is 0 Å². The Morgan fingerprint density at radius 3 is 2.89 bits per heavy atom. The Morgan fingerprint density at radius 1 is 1.61 bits per heavy atom. The second-order valence-corrected chi connectivity index (χ2v) is 4.70. The molecule has 1 aliphatic rings. The van der Waals surface area contributed by atoms with E-state index in [9.17, 15) is 4.79 Å². The summed E-state index contributed by atoms with van der Waals surface area (Å²) >= 11 is 5.86. The number of benzene rings is 1. The second kappa shape index (κ2) is 5.28. The summed E-state index contributed by atoms with van der Waals surface area (Å²) in [6.45, 7) is 0. The molecule has 1 N–H and O–H groups in total. The molecule has 1 atom stereocenters. The molecule has 5 heteroatoms. The van der Waals surface area contributed by atoms with Crippen LogP contribution in [0.1, 0.15) is 23.2 Å². The van der Waals surface area contributed by atoms with Gasteiger partial charge in [0.05, 0.1) is 18.7 Å². The van der Waals surface area contributed by atoms with Crippen LogP contribution >= 0.6 is 11.6 Å². The monoisotopic (exact) mass is 264 g/mol. The summed E-state index contributed by atoms with van der Waals surface area (Å²) in [4.78, 5) is 12.1. The molecular formula is C13H13ClN2O2. The van der Waals surface area contributed by atoms with Gasteiger partial charge in [-0.3, -0.25) is 4.79 Å². The van der Waals surface area contributed by atoms with Gasteiger partial charge in [-0.05, 0) is 37.0 Å². The number of carbonyl (C=O) groups excluding carboxylic acids is 1. The van der Waals surface area contributed by atoms with Crippen molar-refractivity contribution in [2.75, 3.05) is 7.11 Å². The van der Waals surface area contributed by atoms with Crippen molar-refractivity contribution >= 4 is 17.5 Å². The highest BCUT2D eigenvalue weighted by molar-refractivity contribution is 6.31. The van der Waals surface area contributed by atoms with E-state index in [0.717, 1.165) is 12.8 Å². The first kappa shape index (κ1) is 12.7. The third-order valence-electron chi connectivity index (χ3n) is 2.93. The van der Waals surface area contributed by atoms with Gasteiger partial charge >= 0.3 is 0 Å². The minimum atomic E-state index is -0.429. The average Bonchev–Trinajstić information content (AvgIpc) is 3.19. The third kappa shape index (κ3) is 2.74. The van der Waals surface area contributed by atoms with E-state index >= 15 is 0 Å². The van der Waals surface area contributed by atoms with Gasteiger partial charge in [0.2, 0.25) is 0 Å². The zero-order chi connectivity index (χ0) is 13.1. The third-order valence-corrected chi connectivity index (χ3v) is 3.16. The van der Waals surface area contributed by atoms with E-state index in [2.05, 4.69) is 11.4 Å². The molecule has 0 aliphatic heterocycles. The summed E-state index contributed by atoms with van der Waals surface area (Å²) in [5.74, 6) is 0.404. The number of nitriles is 1. The van der Waals surface area contributed by atoms with E-state index in [-0.39, 0.29) is 11.8 Å². The van der Waals surface area contributed by atoms with Crippen LogP contribution in [-0.4, -0.2) is 19.1 Å². The summed E-state index contributed by atoms with van der Waals surface area (Å²) in [7, 11) is 1.49. The summed E-state index contributed by atoms with van der Waals surface area (Å²) < 4.78 is 5.11. The Hall–Kier alpha value is -1.73. The van der Waals surface area contributed by atoms with Gasteiger partial charge in [0.15, 0.2) is 0 Å². The quantitative estimate of drug-likeness (QED) is 0.908. The number of amides is 1. The predicted octanol–water partition coefficient (Wildman–Crippen LogP) is 2.38. The number of hydrogen-bond donors (Lipinski definition) is 1. The summed E-state index contributed by atoms with van der Waals surface area (Å²) in [6, 6.07) is 6.51. The number of rotatable bonds is 4. The first-order chi connectivity index (χ1) is 8.65. The highest BCUT2D eigenvalue weighted by Gasteiger charge is 2.32. The van der Waals surface area contributed by atoms with Crippen molar-refractivity contribution in [2.24, 2.45) is 5.92 Å². The fourth-order valence-electron chi connectivity index (χ4n) is 1.76. The van der Waals surface area contributed by atoms with Crippen molar-refractivity contribution in [3.63, 3.8) is 0 Å². The molecular weight excluding hydrogens is 252 g/mol. The van der Waals surface area contributed by atoms with E-state index in [1.54, 1.807) is 12.1 Å². The zero-order valence-electron chi connectivity index (χ0n) is 9.94. The minimum Gasteiger partial charge on any atom is -0.496 e. The lowest BCUT2D eigenvalue weighted by molar-refractivity contribution is 0.0939. The molecule has 0 heterocycles. The van der Waals surface area contributed by atoms with Crippen molar-refractivity contribution < 1.29 is 9.53 Å². The zero-order valence-corrected chi connectivity index (χ0v) is 10.7. The molecule has 1 fully saturated rings. The molecule has 4 nitrogen and oxygen atoms in total. The van der Waals surface area contributed by atoms with Gasteiger partial charge in [0, 0.05) is 5.02 Å². The Bertz CT molecular complexity index is 506. The summed E-state index contributed by atoms with van der Waals surface area (Å²) in [5, 5.41) is 12.2. The van der Waals surface area contributed by atoms with Crippen LogP contribution in [0.2, 0.25) is 5.02 Å². The highest BCUT2D eigenvalue weighted by atomic mass is 35.5. The molecule has 2 rings (SSSR count). The van der Waals surface area contributed by atoms with Crippen LogP contribution in [0, 0.1) is 17.2 Å². The molecule has 0 spiro atoms. The van der Waals surface area contributed by atoms with Crippen LogP contribution in [0.3, 0.4) is 0 Å². The van der Waals surface area contributed by atoms with Crippen molar-refractivity contribution in [2.45, 2.75) is 18.9 Å². The van der Waals surface area contributed by atoms with Crippen LogP contribution in [0.15, 0.2) is 18.2 Å². The van der Waals surface area contributed by atoms with Gasteiger partial charge in [0.1, 0.15) is 11.8 Å². The van der Waals surface area contributed by atoms with Crippen LogP contribution in [0.4, 0.5) is 0 Å². The number of halogens is 1. The Morgan fingerprint density at radius 2 is 2.33 bits per heavy atom. The van der Waals surface area contributed by atoms with Crippen LogP contribution in [-0.2, 0) is 0 Å². The maximum absolute atomic E-state index is 12.1. The number of nitrogens with zero attached hydrogens (tertiary/aromatic N) is 1. The maximum Gasteiger partial charge on any atom is 0.256 e. The molecule has 0 radical (unpaired) electrons. The van der Waals surface area contributed by atoms with Gasteiger partial charge in [-0.15, -0.1) is 0 Å².